The summed E-state index contributed by atoms with van der Waals surface area (Å²) in [6.07, 6.45) is 2.32. The van der Waals surface area contributed by atoms with Gasteiger partial charge in [0.05, 0.1) is 23.8 Å². The van der Waals surface area contributed by atoms with Crippen molar-refractivity contribution in [1.82, 2.24) is 9.78 Å². The first-order valence-electron chi connectivity index (χ1n) is 5.56. The number of aromatic nitrogens is 2. The van der Waals surface area contributed by atoms with E-state index in [9.17, 15) is 4.79 Å². The lowest BCUT2D eigenvalue weighted by Crippen LogP contribution is -2.21. The standard InChI is InChI=1S/C11H18BrN3O2/c1-8(3-4-13)11(16)10-9(12)7-14-15(10)5-6-17-2/h7-8H,3-6,13H2,1-2H3. The van der Waals surface area contributed by atoms with Gasteiger partial charge in [-0.05, 0) is 28.9 Å². The molecule has 0 aromatic carbocycles. The minimum absolute atomic E-state index is 0.0657. The molecule has 6 heteroatoms. The molecule has 0 aliphatic carbocycles. The highest BCUT2D eigenvalue weighted by molar-refractivity contribution is 9.10. The van der Waals surface area contributed by atoms with Crippen LogP contribution in [0.1, 0.15) is 23.8 Å². The van der Waals surface area contributed by atoms with Crippen LogP contribution in [-0.2, 0) is 11.3 Å². The van der Waals surface area contributed by atoms with Crippen LogP contribution in [0.5, 0.6) is 0 Å². The number of Topliss-reactive ketones (excluding diaryl/α,β-unsaturated/α-hetero) is 1. The lowest BCUT2D eigenvalue weighted by atomic mass is 10.0. The molecule has 0 radical (unpaired) electrons. The van der Waals surface area contributed by atoms with Gasteiger partial charge in [0.15, 0.2) is 5.78 Å². The zero-order valence-corrected chi connectivity index (χ0v) is 11.7. The topological polar surface area (TPSA) is 70.1 Å². The van der Waals surface area contributed by atoms with Crippen LogP contribution in [0, 0.1) is 5.92 Å². The van der Waals surface area contributed by atoms with Crippen LogP contribution in [0.2, 0.25) is 0 Å². The maximum Gasteiger partial charge on any atom is 0.184 e. The first-order valence-corrected chi connectivity index (χ1v) is 6.35. The van der Waals surface area contributed by atoms with Crippen molar-refractivity contribution in [2.75, 3.05) is 20.3 Å². The Hall–Kier alpha value is -0.720. The molecule has 17 heavy (non-hydrogen) atoms. The van der Waals surface area contributed by atoms with Crippen LogP contribution >= 0.6 is 15.9 Å². The second-order valence-electron chi connectivity index (χ2n) is 3.90. The average molecular weight is 304 g/mol. The molecule has 1 rings (SSSR count). The minimum Gasteiger partial charge on any atom is -0.383 e. The SMILES string of the molecule is COCCn1ncc(Br)c1C(=O)C(C)CCN. The number of ether oxygens (including phenoxy) is 1. The molecule has 0 aliphatic heterocycles. The van der Waals surface area contributed by atoms with Gasteiger partial charge in [-0.25, -0.2) is 0 Å². The van der Waals surface area contributed by atoms with Gasteiger partial charge in [-0.15, -0.1) is 0 Å². The third kappa shape index (κ3) is 3.62. The molecule has 1 aromatic heterocycles. The summed E-state index contributed by atoms with van der Waals surface area (Å²) in [5, 5.41) is 4.15. The van der Waals surface area contributed by atoms with Gasteiger partial charge in [0, 0.05) is 13.0 Å². The van der Waals surface area contributed by atoms with Gasteiger partial charge in [-0.3, -0.25) is 9.48 Å². The highest BCUT2D eigenvalue weighted by Gasteiger charge is 2.21. The lowest BCUT2D eigenvalue weighted by Gasteiger charge is -2.11. The molecule has 0 bridgehead atoms. The summed E-state index contributed by atoms with van der Waals surface area (Å²) in [4.78, 5) is 12.2. The van der Waals surface area contributed by atoms with Gasteiger partial charge >= 0.3 is 0 Å². The van der Waals surface area contributed by atoms with Crippen LogP contribution in [0.15, 0.2) is 10.7 Å². The predicted octanol–water partition coefficient (Wildman–Crippen LogP) is 1.46. The molecule has 0 amide bonds. The minimum atomic E-state index is -0.0886. The largest absolute Gasteiger partial charge is 0.383 e. The van der Waals surface area contributed by atoms with Crippen LogP contribution in [0.4, 0.5) is 0 Å². The van der Waals surface area contributed by atoms with Crippen LogP contribution in [0.25, 0.3) is 0 Å². The summed E-state index contributed by atoms with van der Waals surface area (Å²) in [5.41, 5.74) is 6.07. The van der Waals surface area contributed by atoms with Crippen molar-refractivity contribution in [2.45, 2.75) is 19.9 Å². The Kier molecular flexibility index (Phi) is 5.80. The van der Waals surface area contributed by atoms with Crippen molar-refractivity contribution in [1.29, 1.82) is 0 Å². The first-order chi connectivity index (χ1) is 8.11. The Balaban J connectivity index is 2.87. The van der Waals surface area contributed by atoms with Crippen LogP contribution in [-0.4, -0.2) is 35.8 Å². The Labute approximate surface area is 109 Å². The molecule has 1 unspecified atom stereocenters. The third-order valence-electron chi connectivity index (χ3n) is 2.58. The fourth-order valence-corrected chi connectivity index (χ4v) is 2.06. The maximum absolute atomic E-state index is 12.2. The van der Waals surface area contributed by atoms with E-state index < -0.39 is 0 Å². The highest BCUT2D eigenvalue weighted by Crippen LogP contribution is 2.20. The molecule has 2 N–H and O–H groups in total. The zero-order valence-electron chi connectivity index (χ0n) is 10.1. The Morgan fingerprint density at radius 1 is 1.71 bits per heavy atom. The molecular weight excluding hydrogens is 286 g/mol. The van der Waals surface area contributed by atoms with E-state index in [0.717, 1.165) is 4.47 Å². The van der Waals surface area contributed by atoms with E-state index in [1.54, 1.807) is 18.0 Å². The van der Waals surface area contributed by atoms with Crippen LogP contribution < -0.4 is 5.73 Å². The summed E-state index contributed by atoms with van der Waals surface area (Å²) in [7, 11) is 1.62. The van der Waals surface area contributed by atoms with Gasteiger partial charge in [0.25, 0.3) is 0 Å². The molecule has 0 saturated carbocycles. The van der Waals surface area contributed by atoms with Gasteiger partial charge in [-0.2, -0.15) is 5.10 Å². The Bertz CT molecular complexity index is 379. The van der Waals surface area contributed by atoms with Gasteiger partial charge < -0.3 is 10.5 Å². The molecule has 1 heterocycles. The van der Waals surface area contributed by atoms with E-state index in [1.165, 1.54) is 0 Å². The van der Waals surface area contributed by atoms with Crippen molar-refractivity contribution in [3.63, 3.8) is 0 Å². The third-order valence-corrected chi connectivity index (χ3v) is 3.16. The number of carbonyl (C=O) groups is 1. The molecule has 96 valence electrons. The number of rotatable bonds is 7. The maximum atomic E-state index is 12.2. The van der Waals surface area contributed by atoms with E-state index in [4.69, 9.17) is 10.5 Å². The lowest BCUT2D eigenvalue weighted by molar-refractivity contribution is 0.0910. The number of methoxy groups -OCH3 is 1. The highest BCUT2D eigenvalue weighted by atomic mass is 79.9. The summed E-state index contributed by atoms with van der Waals surface area (Å²) in [5.74, 6) is -0.0229. The molecule has 1 atom stereocenters. The molecule has 0 saturated heterocycles. The van der Waals surface area contributed by atoms with Crippen molar-refractivity contribution >= 4 is 21.7 Å². The van der Waals surface area contributed by atoms with E-state index in [1.807, 2.05) is 6.92 Å². The number of hydrogen-bond acceptors (Lipinski definition) is 4. The Morgan fingerprint density at radius 2 is 2.41 bits per heavy atom. The van der Waals surface area contributed by atoms with Gasteiger partial charge in [0.1, 0.15) is 5.69 Å². The molecule has 1 aromatic rings. The normalized spacial score (nSPS) is 12.7. The van der Waals surface area contributed by atoms with E-state index >= 15 is 0 Å². The van der Waals surface area contributed by atoms with E-state index in [0.29, 0.717) is 31.8 Å². The number of nitrogens with zero attached hydrogens (tertiary/aromatic N) is 2. The van der Waals surface area contributed by atoms with Crippen molar-refractivity contribution in [3.8, 4) is 0 Å². The molecular formula is C11H18BrN3O2. The van der Waals surface area contributed by atoms with Crippen molar-refractivity contribution in [3.05, 3.63) is 16.4 Å². The van der Waals surface area contributed by atoms with Crippen molar-refractivity contribution < 1.29 is 9.53 Å². The van der Waals surface area contributed by atoms with Crippen molar-refractivity contribution in [2.24, 2.45) is 11.7 Å². The first kappa shape index (κ1) is 14.3. The van der Waals surface area contributed by atoms with Gasteiger partial charge in [0.2, 0.25) is 0 Å². The van der Waals surface area contributed by atoms with E-state index in [-0.39, 0.29) is 11.7 Å². The molecule has 0 aliphatic rings. The quantitative estimate of drug-likeness (QED) is 0.774. The smallest absolute Gasteiger partial charge is 0.184 e. The predicted molar refractivity (Wildman–Crippen MR) is 69.0 cm³/mol. The molecule has 5 nitrogen and oxygen atoms in total. The fourth-order valence-electron chi connectivity index (χ4n) is 1.57. The number of halogens is 1. The number of ketones is 1. The fraction of sp³-hybridized carbons (Fsp3) is 0.636. The van der Waals surface area contributed by atoms with Gasteiger partial charge in [-0.1, -0.05) is 6.92 Å². The second kappa shape index (κ2) is 6.88. The number of hydrogen-bond donors (Lipinski definition) is 1. The van der Waals surface area contributed by atoms with E-state index in [2.05, 4.69) is 21.0 Å². The second-order valence-corrected chi connectivity index (χ2v) is 4.75. The summed E-state index contributed by atoms with van der Waals surface area (Å²) >= 11 is 3.35. The molecule has 0 spiro atoms. The number of nitrogens with two attached hydrogens (primary N) is 1. The number of carbonyl (C=O) groups excluding carboxylic acids is 1. The van der Waals surface area contributed by atoms with Crippen LogP contribution in [0.3, 0.4) is 0 Å². The average Bonchev–Trinajstić information content (AvgIpc) is 2.67. The zero-order chi connectivity index (χ0) is 12.8. The Morgan fingerprint density at radius 3 is 3.00 bits per heavy atom. The summed E-state index contributed by atoms with van der Waals surface area (Å²) in [6, 6.07) is 0. The monoisotopic (exact) mass is 303 g/mol. The summed E-state index contributed by atoms with van der Waals surface area (Å²) < 4.78 is 7.38. The summed E-state index contributed by atoms with van der Waals surface area (Å²) in [6.45, 7) is 3.49. The molecule has 0 fully saturated rings.